The Morgan fingerprint density at radius 1 is 0.833 bits per heavy atom. The van der Waals surface area contributed by atoms with E-state index in [9.17, 15) is 0 Å². The molecule has 0 aromatic heterocycles. The number of rotatable bonds is 5. The fourth-order valence-electron chi connectivity index (χ4n) is 3.16. The molecule has 1 aromatic carbocycles. The SMILES string of the molecule is Bc1ccc(O[Si](C(C)C)(C(C)C)C(C)C)cc1. The fraction of sp³-hybridized carbons (Fsp3) is 0.600. The topological polar surface area (TPSA) is 9.23 Å². The highest BCUT2D eigenvalue weighted by molar-refractivity contribution is 6.78. The molecule has 0 fully saturated rings. The smallest absolute Gasteiger partial charge is 0.258 e. The van der Waals surface area contributed by atoms with Crippen LogP contribution in [0.15, 0.2) is 24.3 Å². The van der Waals surface area contributed by atoms with Crippen LogP contribution in [0.4, 0.5) is 0 Å². The van der Waals surface area contributed by atoms with E-state index in [1.165, 1.54) is 5.46 Å². The highest BCUT2D eigenvalue weighted by atomic mass is 28.4. The highest BCUT2D eigenvalue weighted by Crippen LogP contribution is 2.42. The molecule has 0 saturated carbocycles. The molecule has 0 N–H and O–H groups in total. The number of hydrogen-bond donors (Lipinski definition) is 0. The van der Waals surface area contributed by atoms with Crippen molar-refractivity contribution in [2.45, 2.75) is 58.2 Å². The van der Waals surface area contributed by atoms with E-state index in [1.807, 2.05) is 0 Å². The lowest BCUT2D eigenvalue weighted by Gasteiger charge is -2.42. The Kier molecular flexibility index (Phi) is 5.09. The van der Waals surface area contributed by atoms with Gasteiger partial charge in [0, 0.05) is 0 Å². The quantitative estimate of drug-likeness (QED) is 0.738. The van der Waals surface area contributed by atoms with Crippen LogP contribution < -0.4 is 9.89 Å². The van der Waals surface area contributed by atoms with Gasteiger partial charge in [0.1, 0.15) is 13.6 Å². The Labute approximate surface area is 114 Å². The van der Waals surface area contributed by atoms with Crippen LogP contribution in [0.5, 0.6) is 5.75 Å². The van der Waals surface area contributed by atoms with E-state index in [0.29, 0.717) is 16.6 Å². The summed E-state index contributed by atoms with van der Waals surface area (Å²) >= 11 is 0. The monoisotopic (exact) mass is 262 g/mol. The van der Waals surface area contributed by atoms with E-state index in [1.54, 1.807) is 0 Å². The van der Waals surface area contributed by atoms with Crippen LogP contribution in [0.25, 0.3) is 0 Å². The second-order valence-electron chi connectivity index (χ2n) is 6.23. The third-order valence-electron chi connectivity index (χ3n) is 4.02. The molecule has 1 aromatic rings. The van der Waals surface area contributed by atoms with Crippen molar-refractivity contribution in [3.05, 3.63) is 24.3 Å². The Balaban J connectivity index is 3.08. The Hall–Kier alpha value is -0.698. The molecule has 1 rings (SSSR count). The fourth-order valence-corrected chi connectivity index (χ4v) is 8.42. The van der Waals surface area contributed by atoms with Gasteiger partial charge in [-0.1, -0.05) is 59.1 Å². The Bertz CT molecular complexity index is 349. The van der Waals surface area contributed by atoms with Gasteiger partial charge < -0.3 is 4.43 Å². The molecule has 3 heteroatoms. The summed E-state index contributed by atoms with van der Waals surface area (Å²) in [4.78, 5) is 0. The Morgan fingerprint density at radius 2 is 1.22 bits per heavy atom. The van der Waals surface area contributed by atoms with Gasteiger partial charge in [0.15, 0.2) is 0 Å². The average molecular weight is 262 g/mol. The highest BCUT2D eigenvalue weighted by Gasteiger charge is 2.46. The minimum atomic E-state index is -1.79. The van der Waals surface area contributed by atoms with E-state index in [-0.39, 0.29) is 0 Å². The average Bonchev–Trinajstić information content (AvgIpc) is 2.26. The second kappa shape index (κ2) is 5.96. The summed E-state index contributed by atoms with van der Waals surface area (Å²) < 4.78 is 6.58. The van der Waals surface area contributed by atoms with Crippen molar-refractivity contribution in [2.24, 2.45) is 0 Å². The number of benzene rings is 1. The van der Waals surface area contributed by atoms with Crippen LogP contribution in [0.3, 0.4) is 0 Å². The minimum Gasteiger partial charge on any atom is -0.543 e. The summed E-state index contributed by atoms with van der Waals surface area (Å²) in [6.45, 7) is 13.9. The first-order valence-corrected chi connectivity index (χ1v) is 9.20. The summed E-state index contributed by atoms with van der Waals surface area (Å²) in [6, 6.07) is 8.50. The second-order valence-corrected chi connectivity index (χ2v) is 11.6. The van der Waals surface area contributed by atoms with Gasteiger partial charge in [-0.25, -0.2) is 0 Å². The minimum absolute atomic E-state index is 0.624. The molecule has 0 bridgehead atoms. The van der Waals surface area contributed by atoms with Crippen LogP contribution in [0.2, 0.25) is 16.6 Å². The van der Waals surface area contributed by atoms with Crippen molar-refractivity contribution >= 4 is 21.6 Å². The molecule has 0 saturated heterocycles. The lowest BCUT2D eigenvalue weighted by molar-refractivity contribution is 0.480. The van der Waals surface area contributed by atoms with Gasteiger partial charge in [-0.05, 0) is 28.8 Å². The van der Waals surface area contributed by atoms with Crippen molar-refractivity contribution < 1.29 is 4.43 Å². The van der Waals surface area contributed by atoms with Crippen molar-refractivity contribution in [3.63, 3.8) is 0 Å². The van der Waals surface area contributed by atoms with Crippen LogP contribution in [-0.2, 0) is 0 Å². The van der Waals surface area contributed by atoms with E-state index in [0.717, 1.165) is 5.75 Å². The largest absolute Gasteiger partial charge is 0.543 e. The summed E-state index contributed by atoms with van der Waals surface area (Å²) in [6.07, 6.45) is 0. The molecule has 0 aliphatic heterocycles. The first-order chi connectivity index (χ1) is 8.30. The molecule has 0 aliphatic rings. The maximum Gasteiger partial charge on any atom is 0.258 e. The van der Waals surface area contributed by atoms with Crippen LogP contribution in [0, 0.1) is 0 Å². The van der Waals surface area contributed by atoms with Gasteiger partial charge in [-0.3, -0.25) is 0 Å². The summed E-state index contributed by atoms with van der Waals surface area (Å²) in [7, 11) is 0.327. The predicted octanol–water partition coefficient (Wildman–Crippen LogP) is 3.50. The van der Waals surface area contributed by atoms with Gasteiger partial charge >= 0.3 is 0 Å². The van der Waals surface area contributed by atoms with Crippen LogP contribution >= 0.6 is 0 Å². The molecular weight excluding hydrogens is 235 g/mol. The predicted molar refractivity (Wildman–Crippen MR) is 86.3 cm³/mol. The van der Waals surface area contributed by atoms with E-state index < -0.39 is 8.32 Å². The molecule has 0 amide bonds. The zero-order valence-corrected chi connectivity index (χ0v) is 13.9. The van der Waals surface area contributed by atoms with Gasteiger partial charge in [-0.15, -0.1) is 0 Å². The molecule has 1 nitrogen and oxygen atoms in total. The van der Waals surface area contributed by atoms with Crippen molar-refractivity contribution in [2.75, 3.05) is 0 Å². The van der Waals surface area contributed by atoms with E-state index in [4.69, 9.17) is 4.43 Å². The molecule has 0 heterocycles. The summed E-state index contributed by atoms with van der Waals surface area (Å²) in [5.41, 5.74) is 3.16. The van der Waals surface area contributed by atoms with Gasteiger partial charge in [0.05, 0.1) is 0 Å². The lowest BCUT2D eigenvalue weighted by atomic mass is 9.97. The molecule has 0 spiro atoms. The molecule has 0 unspecified atom stereocenters. The third-order valence-corrected chi connectivity index (χ3v) is 10.0. The molecule has 0 aliphatic carbocycles. The van der Waals surface area contributed by atoms with Crippen molar-refractivity contribution in [1.82, 2.24) is 0 Å². The van der Waals surface area contributed by atoms with Crippen LogP contribution in [0.1, 0.15) is 41.5 Å². The van der Waals surface area contributed by atoms with Gasteiger partial charge in [0.2, 0.25) is 0 Å². The molecule has 18 heavy (non-hydrogen) atoms. The maximum atomic E-state index is 6.58. The van der Waals surface area contributed by atoms with Crippen LogP contribution in [-0.4, -0.2) is 16.2 Å². The summed E-state index contributed by atoms with van der Waals surface area (Å²) in [5.74, 6) is 1.04. The van der Waals surface area contributed by atoms with Gasteiger partial charge in [-0.2, -0.15) is 0 Å². The van der Waals surface area contributed by atoms with E-state index >= 15 is 0 Å². The normalized spacial score (nSPS) is 12.5. The standard InChI is InChI=1S/C15H27BOSi/c1-11(2)18(12(3)4,13(5)6)17-15-9-7-14(16)8-10-15/h7-13H,16H2,1-6H3. The Morgan fingerprint density at radius 3 is 1.56 bits per heavy atom. The molecule has 0 atom stereocenters. The molecule has 100 valence electrons. The first-order valence-electron chi connectivity index (χ1n) is 7.06. The summed E-state index contributed by atoms with van der Waals surface area (Å²) in [5, 5.41) is 0. The van der Waals surface area contributed by atoms with Crippen molar-refractivity contribution in [3.8, 4) is 5.75 Å². The van der Waals surface area contributed by atoms with Gasteiger partial charge in [0.25, 0.3) is 8.32 Å². The molecule has 0 radical (unpaired) electrons. The molecular formula is C15H27BOSi. The maximum absolute atomic E-state index is 6.58. The van der Waals surface area contributed by atoms with Crippen molar-refractivity contribution in [1.29, 1.82) is 0 Å². The number of hydrogen-bond acceptors (Lipinski definition) is 1. The lowest BCUT2D eigenvalue weighted by Crippen LogP contribution is -2.50. The third kappa shape index (κ3) is 3.00. The zero-order chi connectivity index (χ0) is 13.9. The van der Waals surface area contributed by atoms with E-state index in [2.05, 4.69) is 73.7 Å². The zero-order valence-electron chi connectivity index (χ0n) is 12.9. The first kappa shape index (κ1) is 15.4.